The minimum Gasteiger partial charge on any atom is -0.369 e. The Labute approximate surface area is 95.7 Å². The van der Waals surface area contributed by atoms with Crippen molar-refractivity contribution in [2.24, 2.45) is 5.92 Å². The Hall–Kier alpha value is -1.03. The minimum absolute atomic E-state index is 0.0167. The van der Waals surface area contributed by atoms with Gasteiger partial charge in [0, 0.05) is 30.0 Å². The first-order valence-electron chi connectivity index (χ1n) is 5.00. The first kappa shape index (κ1) is 12.0. The largest absolute Gasteiger partial charge is 0.369 e. The van der Waals surface area contributed by atoms with Crippen LogP contribution in [0.5, 0.6) is 0 Å². The third-order valence-corrected chi connectivity index (χ3v) is 2.21. The van der Waals surface area contributed by atoms with E-state index < -0.39 is 0 Å². The molecule has 0 aromatic carbocycles. The van der Waals surface area contributed by atoms with Crippen LogP contribution < -0.4 is 5.32 Å². The SMILES string of the molecule is CC(C)C(=O)c1ccc(NCCS)nc1. The Morgan fingerprint density at radius 1 is 1.53 bits per heavy atom. The van der Waals surface area contributed by atoms with Crippen LogP contribution in [0.1, 0.15) is 24.2 Å². The van der Waals surface area contributed by atoms with Gasteiger partial charge in [-0.15, -0.1) is 0 Å². The van der Waals surface area contributed by atoms with Crippen LogP contribution in [0.2, 0.25) is 0 Å². The Kier molecular flexibility index (Phi) is 4.62. The molecule has 1 N–H and O–H groups in total. The molecule has 15 heavy (non-hydrogen) atoms. The number of hydrogen-bond donors (Lipinski definition) is 2. The van der Waals surface area contributed by atoms with Gasteiger partial charge in [-0.25, -0.2) is 4.98 Å². The molecule has 0 aliphatic carbocycles. The number of pyridine rings is 1. The fourth-order valence-electron chi connectivity index (χ4n) is 1.16. The molecular weight excluding hydrogens is 208 g/mol. The molecule has 0 radical (unpaired) electrons. The number of thiol groups is 1. The summed E-state index contributed by atoms with van der Waals surface area (Å²) >= 11 is 4.09. The number of Topliss-reactive ketones (excluding diaryl/α,β-unsaturated/α-hetero) is 1. The number of anilines is 1. The topological polar surface area (TPSA) is 42.0 Å². The van der Waals surface area contributed by atoms with Crippen molar-refractivity contribution in [1.82, 2.24) is 4.98 Å². The van der Waals surface area contributed by atoms with E-state index >= 15 is 0 Å². The highest BCUT2D eigenvalue weighted by Crippen LogP contribution is 2.09. The molecule has 1 aromatic rings. The van der Waals surface area contributed by atoms with Gasteiger partial charge in [-0.3, -0.25) is 4.79 Å². The number of aromatic nitrogens is 1. The van der Waals surface area contributed by atoms with E-state index in [4.69, 9.17) is 0 Å². The van der Waals surface area contributed by atoms with Crippen LogP contribution >= 0.6 is 12.6 Å². The molecule has 0 saturated carbocycles. The summed E-state index contributed by atoms with van der Waals surface area (Å²) in [6, 6.07) is 3.62. The normalized spacial score (nSPS) is 10.4. The second-order valence-electron chi connectivity index (χ2n) is 3.60. The van der Waals surface area contributed by atoms with Gasteiger partial charge in [-0.05, 0) is 12.1 Å². The second kappa shape index (κ2) is 5.75. The summed E-state index contributed by atoms with van der Waals surface area (Å²) in [5, 5.41) is 3.09. The number of hydrogen-bond acceptors (Lipinski definition) is 4. The lowest BCUT2D eigenvalue weighted by Crippen LogP contribution is -2.09. The highest BCUT2D eigenvalue weighted by Gasteiger charge is 2.10. The van der Waals surface area contributed by atoms with E-state index in [1.54, 1.807) is 12.3 Å². The van der Waals surface area contributed by atoms with Crippen molar-refractivity contribution in [3.05, 3.63) is 23.9 Å². The Morgan fingerprint density at radius 2 is 2.27 bits per heavy atom. The number of nitrogens with one attached hydrogen (secondary N) is 1. The second-order valence-corrected chi connectivity index (χ2v) is 4.05. The van der Waals surface area contributed by atoms with E-state index in [0.717, 1.165) is 18.1 Å². The molecule has 0 spiro atoms. The van der Waals surface area contributed by atoms with Gasteiger partial charge >= 0.3 is 0 Å². The number of rotatable bonds is 5. The van der Waals surface area contributed by atoms with Crippen LogP contribution in [-0.4, -0.2) is 23.1 Å². The minimum atomic E-state index is 0.0167. The van der Waals surface area contributed by atoms with Crippen LogP contribution in [0, 0.1) is 5.92 Å². The fraction of sp³-hybridized carbons (Fsp3) is 0.455. The third-order valence-electron chi connectivity index (χ3n) is 1.99. The van der Waals surface area contributed by atoms with Crippen LogP contribution in [0.15, 0.2) is 18.3 Å². The number of carbonyl (C=O) groups is 1. The Bertz CT molecular complexity index is 322. The van der Waals surface area contributed by atoms with E-state index in [-0.39, 0.29) is 11.7 Å². The smallest absolute Gasteiger partial charge is 0.166 e. The number of ketones is 1. The van der Waals surface area contributed by atoms with Crippen molar-refractivity contribution in [3.8, 4) is 0 Å². The molecule has 82 valence electrons. The van der Waals surface area contributed by atoms with Gasteiger partial charge in [-0.1, -0.05) is 13.8 Å². The molecule has 3 nitrogen and oxygen atoms in total. The molecule has 0 unspecified atom stereocenters. The van der Waals surface area contributed by atoms with E-state index in [0.29, 0.717) is 5.56 Å². The molecule has 0 saturated heterocycles. The maximum atomic E-state index is 11.6. The third kappa shape index (κ3) is 3.55. The van der Waals surface area contributed by atoms with E-state index in [1.807, 2.05) is 19.9 Å². The highest BCUT2D eigenvalue weighted by atomic mass is 32.1. The first-order valence-corrected chi connectivity index (χ1v) is 5.63. The molecule has 0 fully saturated rings. The van der Waals surface area contributed by atoms with E-state index in [1.165, 1.54) is 0 Å². The quantitative estimate of drug-likeness (QED) is 0.595. The maximum Gasteiger partial charge on any atom is 0.166 e. The number of carbonyl (C=O) groups excluding carboxylic acids is 1. The average molecular weight is 224 g/mol. The van der Waals surface area contributed by atoms with Crippen LogP contribution in [0.4, 0.5) is 5.82 Å². The van der Waals surface area contributed by atoms with Gasteiger partial charge in [0.1, 0.15) is 5.82 Å². The molecule has 1 aromatic heterocycles. The van der Waals surface area contributed by atoms with Crippen molar-refractivity contribution < 1.29 is 4.79 Å². The molecule has 0 amide bonds. The maximum absolute atomic E-state index is 11.6. The summed E-state index contributed by atoms with van der Waals surface area (Å²) in [5.41, 5.74) is 0.668. The average Bonchev–Trinajstić information content (AvgIpc) is 2.26. The lowest BCUT2D eigenvalue weighted by atomic mass is 10.0. The Balaban J connectivity index is 2.68. The van der Waals surface area contributed by atoms with Crippen molar-refractivity contribution in [2.45, 2.75) is 13.8 Å². The standard InChI is InChI=1S/C11H16N2OS/c1-8(2)11(14)9-3-4-10(13-7-9)12-5-6-15/h3-4,7-8,15H,5-6H2,1-2H3,(H,12,13). The van der Waals surface area contributed by atoms with Crippen LogP contribution in [0.25, 0.3) is 0 Å². The zero-order valence-corrected chi connectivity index (χ0v) is 9.92. The van der Waals surface area contributed by atoms with Gasteiger partial charge in [0.25, 0.3) is 0 Å². The van der Waals surface area contributed by atoms with Gasteiger partial charge < -0.3 is 5.32 Å². The fourth-order valence-corrected chi connectivity index (χ4v) is 1.27. The zero-order chi connectivity index (χ0) is 11.3. The van der Waals surface area contributed by atoms with Gasteiger partial charge in [0.15, 0.2) is 5.78 Å². The van der Waals surface area contributed by atoms with E-state index in [2.05, 4.69) is 22.9 Å². The first-order chi connectivity index (χ1) is 7.15. The molecule has 0 aliphatic rings. The summed E-state index contributed by atoms with van der Waals surface area (Å²) in [6.07, 6.45) is 1.61. The molecule has 1 heterocycles. The summed E-state index contributed by atoms with van der Waals surface area (Å²) in [6.45, 7) is 4.54. The van der Waals surface area contributed by atoms with Crippen molar-refractivity contribution in [2.75, 3.05) is 17.6 Å². The molecular formula is C11H16N2OS. The van der Waals surface area contributed by atoms with Gasteiger partial charge in [0.05, 0.1) is 0 Å². The monoisotopic (exact) mass is 224 g/mol. The van der Waals surface area contributed by atoms with E-state index in [9.17, 15) is 4.79 Å². The highest BCUT2D eigenvalue weighted by molar-refractivity contribution is 7.80. The summed E-state index contributed by atoms with van der Waals surface area (Å²) in [4.78, 5) is 15.8. The van der Waals surface area contributed by atoms with Crippen molar-refractivity contribution >= 4 is 24.2 Å². The summed E-state index contributed by atoms with van der Waals surface area (Å²) in [7, 11) is 0. The van der Waals surface area contributed by atoms with Gasteiger partial charge in [0.2, 0.25) is 0 Å². The zero-order valence-electron chi connectivity index (χ0n) is 9.03. The van der Waals surface area contributed by atoms with Gasteiger partial charge in [-0.2, -0.15) is 12.6 Å². The summed E-state index contributed by atoms with van der Waals surface area (Å²) in [5.74, 6) is 1.68. The summed E-state index contributed by atoms with van der Waals surface area (Å²) < 4.78 is 0. The molecule has 0 aliphatic heterocycles. The molecule has 4 heteroatoms. The lowest BCUT2D eigenvalue weighted by molar-refractivity contribution is 0.0939. The molecule has 0 bridgehead atoms. The predicted molar refractivity (Wildman–Crippen MR) is 65.7 cm³/mol. The number of nitrogens with zero attached hydrogens (tertiary/aromatic N) is 1. The lowest BCUT2D eigenvalue weighted by Gasteiger charge is -2.06. The van der Waals surface area contributed by atoms with Crippen LogP contribution in [-0.2, 0) is 0 Å². The predicted octanol–water partition coefficient (Wildman–Crippen LogP) is 2.26. The van der Waals surface area contributed by atoms with Crippen LogP contribution in [0.3, 0.4) is 0 Å². The molecule has 0 atom stereocenters. The van der Waals surface area contributed by atoms with Crippen molar-refractivity contribution in [1.29, 1.82) is 0 Å². The van der Waals surface area contributed by atoms with Crippen molar-refractivity contribution in [3.63, 3.8) is 0 Å². The molecule has 1 rings (SSSR count). The Morgan fingerprint density at radius 3 is 2.73 bits per heavy atom.